The minimum atomic E-state index is 0. The number of hydrogen-bond donors (Lipinski definition) is 0. The van der Waals surface area contributed by atoms with Crippen molar-refractivity contribution in [3.8, 4) is 5.75 Å². The molecule has 3 rings (SSSR count). The fraction of sp³-hybridized carbons (Fsp3) is 0.548. The minimum absolute atomic E-state index is 0. The van der Waals surface area contributed by atoms with E-state index >= 15 is 0 Å². The van der Waals surface area contributed by atoms with Crippen LogP contribution in [-0.2, 0) is 43.9 Å². The maximum absolute atomic E-state index is 12.3. The number of hydrogen-bond acceptors (Lipinski definition) is 5. The number of rotatable bonds is 28. The first-order valence-electron chi connectivity index (χ1n) is 18.6. The fourth-order valence-electron chi connectivity index (χ4n) is 5.91. The van der Waals surface area contributed by atoms with Gasteiger partial charge < -0.3 is 4.74 Å². The summed E-state index contributed by atoms with van der Waals surface area (Å²) in [6, 6.07) is 20.5. The van der Waals surface area contributed by atoms with Gasteiger partial charge in [-0.3, -0.25) is 19.7 Å². The molecule has 0 N–H and O–H groups in total. The number of nitrogens with zero attached hydrogens (tertiary/aromatic N) is 3. The summed E-state index contributed by atoms with van der Waals surface area (Å²) in [5.41, 5.74) is 3.29. The van der Waals surface area contributed by atoms with Gasteiger partial charge in [-0.15, -0.1) is 0 Å². The molecule has 256 valence electrons. The molecule has 0 aliphatic heterocycles. The molecular weight excluding hydrogens is 644 g/mol. The van der Waals surface area contributed by atoms with Crippen LogP contribution in [0.4, 0.5) is 0 Å². The van der Waals surface area contributed by atoms with Gasteiger partial charge in [0.15, 0.2) is 0 Å². The van der Waals surface area contributed by atoms with E-state index in [1.54, 1.807) is 0 Å². The molecule has 3 aromatic rings. The van der Waals surface area contributed by atoms with Crippen molar-refractivity contribution in [3.63, 3.8) is 0 Å². The molecule has 6 heteroatoms. The monoisotopic (exact) mass is 703 g/mol. The second kappa shape index (κ2) is 28.2. The minimum Gasteiger partial charge on any atom is -0.494 e. The van der Waals surface area contributed by atoms with Gasteiger partial charge in [0, 0.05) is 44.9 Å². The van der Waals surface area contributed by atoms with Crippen molar-refractivity contribution in [1.82, 2.24) is 14.9 Å². The van der Waals surface area contributed by atoms with Gasteiger partial charge in [0.2, 0.25) is 0 Å². The van der Waals surface area contributed by atoms with Gasteiger partial charge in [-0.05, 0) is 93.3 Å². The van der Waals surface area contributed by atoms with Crippen molar-refractivity contribution in [3.05, 3.63) is 102 Å². The van der Waals surface area contributed by atoms with Gasteiger partial charge in [-0.25, -0.2) is 0 Å². The number of pyridine rings is 2. The summed E-state index contributed by atoms with van der Waals surface area (Å²) in [5, 5.41) is 0. The number of Topliss-reactive ketones (excluding diaryl/α,β-unsaturated/α-hetero) is 1. The number of allylic oxidation sites excluding steroid dienone is 2. The Morgan fingerprint density at radius 1 is 0.646 bits per heavy atom. The number of benzene rings is 1. The van der Waals surface area contributed by atoms with Crippen LogP contribution in [0.1, 0.15) is 139 Å². The molecule has 0 radical (unpaired) electrons. The van der Waals surface area contributed by atoms with Crippen molar-refractivity contribution in [2.45, 2.75) is 142 Å². The first-order valence-corrected chi connectivity index (χ1v) is 18.6. The Bertz CT molecular complexity index is 1180. The molecule has 0 saturated heterocycles. The van der Waals surface area contributed by atoms with Gasteiger partial charge >= 0.3 is 19.5 Å². The molecule has 0 spiro atoms. The van der Waals surface area contributed by atoms with Gasteiger partial charge in [-0.1, -0.05) is 94.7 Å². The number of carbonyl (C=O) groups excluding carboxylic acids is 1. The molecule has 0 atom stereocenters. The third kappa shape index (κ3) is 20.6. The van der Waals surface area contributed by atoms with Crippen LogP contribution in [-0.4, -0.2) is 27.3 Å². The van der Waals surface area contributed by atoms with Crippen molar-refractivity contribution in [2.75, 3.05) is 6.61 Å². The zero-order valence-electron chi connectivity index (χ0n) is 30.0. The second-order valence-electron chi connectivity index (χ2n) is 13.0. The fourth-order valence-corrected chi connectivity index (χ4v) is 5.91. The average molecular weight is 705 g/mol. The Balaban J connectivity index is 0.00000800. The van der Waals surface area contributed by atoms with E-state index in [0.717, 1.165) is 68.9 Å². The summed E-state index contributed by atoms with van der Waals surface area (Å²) in [6.45, 7) is 5.23. The van der Waals surface area contributed by atoms with Gasteiger partial charge in [0.05, 0.1) is 18.0 Å². The molecule has 2 aromatic heterocycles. The zero-order chi connectivity index (χ0) is 33.0. The zero-order valence-corrected chi connectivity index (χ0v) is 33.0. The van der Waals surface area contributed by atoms with Crippen LogP contribution in [0.5, 0.6) is 5.75 Å². The standard InChI is InChI=1S/C42H61N3O2.Zn/c1-2-3-4-5-6-7-8-9-10-11-12-13-14-15-17-28-41(46)29-18-16-23-33-47-42-30-24-25-38(34-42)35-45(36-39-26-19-21-31-43-39)37-40-27-20-22-32-44-40;/h9-10,19-22,24-27,30-32,34H,2-8,11-18,23,28-29,33,35-37H2,1H3;/q;+2/b10-9-;. The molecule has 0 amide bonds. The van der Waals surface area contributed by atoms with Crippen molar-refractivity contribution in [1.29, 1.82) is 0 Å². The van der Waals surface area contributed by atoms with E-state index in [2.05, 4.69) is 64.3 Å². The molecule has 48 heavy (non-hydrogen) atoms. The number of ketones is 1. The van der Waals surface area contributed by atoms with Crippen LogP contribution < -0.4 is 4.74 Å². The predicted octanol–water partition coefficient (Wildman–Crippen LogP) is 11.2. The quantitative estimate of drug-likeness (QED) is 0.0428. The molecule has 0 saturated carbocycles. The van der Waals surface area contributed by atoms with Gasteiger partial charge in [0.1, 0.15) is 11.5 Å². The summed E-state index contributed by atoms with van der Waals surface area (Å²) in [4.78, 5) is 23.8. The molecule has 1 aromatic carbocycles. The van der Waals surface area contributed by atoms with E-state index < -0.39 is 0 Å². The van der Waals surface area contributed by atoms with Crippen molar-refractivity contribution >= 4 is 5.78 Å². The topological polar surface area (TPSA) is 55.3 Å². The maximum Gasteiger partial charge on any atom is 2.00 e. The van der Waals surface area contributed by atoms with Crippen LogP contribution in [0.3, 0.4) is 0 Å². The van der Waals surface area contributed by atoms with Crippen LogP contribution in [0.25, 0.3) is 0 Å². The van der Waals surface area contributed by atoms with Crippen LogP contribution in [0, 0.1) is 0 Å². The van der Waals surface area contributed by atoms with E-state index in [1.165, 1.54) is 82.6 Å². The summed E-state index contributed by atoms with van der Waals surface area (Å²) < 4.78 is 6.10. The molecule has 0 aliphatic rings. The van der Waals surface area contributed by atoms with Crippen molar-refractivity contribution < 1.29 is 29.0 Å². The van der Waals surface area contributed by atoms with Crippen LogP contribution >= 0.6 is 0 Å². The van der Waals surface area contributed by atoms with E-state index in [9.17, 15) is 4.79 Å². The van der Waals surface area contributed by atoms with Gasteiger partial charge in [0.25, 0.3) is 0 Å². The number of ether oxygens (including phenoxy) is 1. The largest absolute Gasteiger partial charge is 2.00 e. The molecule has 0 fully saturated rings. The summed E-state index contributed by atoms with van der Waals surface area (Å²) in [6.07, 6.45) is 29.6. The predicted molar refractivity (Wildman–Crippen MR) is 196 cm³/mol. The van der Waals surface area contributed by atoms with E-state index in [1.807, 2.05) is 42.7 Å². The smallest absolute Gasteiger partial charge is 0.494 e. The molecule has 0 aliphatic carbocycles. The van der Waals surface area contributed by atoms with E-state index in [4.69, 9.17) is 4.74 Å². The Labute approximate surface area is 305 Å². The molecule has 5 nitrogen and oxygen atoms in total. The molecule has 0 bridgehead atoms. The number of aromatic nitrogens is 2. The normalized spacial score (nSPS) is 11.2. The summed E-state index contributed by atoms with van der Waals surface area (Å²) >= 11 is 0. The molecule has 2 heterocycles. The second-order valence-corrected chi connectivity index (χ2v) is 13.0. The third-order valence-corrected chi connectivity index (χ3v) is 8.61. The van der Waals surface area contributed by atoms with Gasteiger partial charge in [-0.2, -0.15) is 0 Å². The van der Waals surface area contributed by atoms with E-state index in [0.29, 0.717) is 18.8 Å². The van der Waals surface area contributed by atoms with Crippen molar-refractivity contribution in [2.24, 2.45) is 0 Å². The first-order chi connectivity index (χ1) is 23.2. The molecule has 0 unspecified atom stereocenters. The number of unbranched alkanes of at least 4 members (excludes halogenated alkanes) is 13. The third-order valence-electron chi connectivity index (χ3n) is 8.61. The van der Waals surface area contributed by atoms with Crippen LogP contribution in [0.15, 0.2) is 85.2 Å². The summed E-state index contributed by atoms with van der Waals surface area (Å²) in [5.74, 6) is 1.33. The SMILES string of the molecule is CCCCCCCC/C=C\CCCCCCCC(=O)CCCCCOc1cccc(CN(Cc2ccccn2)Cc2ccccn2)c1.[Zn+2]. The van der Waals surface area contributed by atoms with E-state index in [-0.39, 0.29) is 19.5 Å². The molecular formula is C42H61N3O2Zn+2. The Morgan fingerprint density at radius 3 is 1.79 bits per heavy atom. The average Bonchev–Trinajstić information content (AvgIpc) is 3.09. The Morgan fingerprint density at radius 2 is 1.21 bits per heavy atom. The Kier molecular flexibility index (Phi) is 24.4. The summed E-state index contributed by atoms with van der Waals surface area (Å²) in [7, 11) is 0. The first kappa shape index (κ1) is 41.5. The maximum atomic E-state index is 12.3. The Hall–Kier alpha value is -2.69. The van der Waals surface area contributed by atoms with Crippen LogP contribution in [0.2, 0.25) is 0 Å². The number of carbonyl (C=O) groups is 1.